The zero-order valence-corrected chi connectivity index (χ0v) is 34.4. The molecule has 0 spiro atoms. The number of nitrogens with zero attached hydrogens (tertiary/aromatic N) is 2. The molecule has 2 aromatic heterocycles. The number of hydrogen-bond donors (Lipinski definition) is 0. The second-order valence-corrected chi connectivity index (χ2v) is 16.1. The summed E-state index contributed by atoms with van der Waals surface area (Å²) in [4.78, 5) is 2.38. The fourth-order valence-corrected chi connectivity index (χ4v) is 9.52. The van der Waals surface area contributed by atoms with Gasteiger partial charge < -0.3 is 13.9 Å². The summed E-state index contributed by atoms with van der Waals surface area (Å²) in [5.41, 5.74) is 17.9. The van der Waals surface area contributed by atoms with Crippen molar-refractivity contribution in [3.8, 4) is 50.2 Å². The van der Waals surface area contributed by atoms with Gasteiger partial charge in [0.1, 0.15) is 11.2 Å². The van der Waals surface area contributed by atoms with Gasteiger partial charge in [-0.1, -0.05) is 170 Å². The molecular formula is C60H40N2O. The molecular weight excluding hydrogens is 765 g/mol. The lowest BCUT2D eigenvalue weighted by Crippen LogP contribution is -2.10. The van der Waals surface area contributed by atoms with Crippen LogP contribution in [0.15, 0.2) is 247 Å². The van der Waals surface area contributed by atoms with Crippen molar-refractivity contribution < 1.29 is 4.42 Å². The van der Waals surface area contributed by atoms with Crippen LogP contribution in [-0.4, -0.2) is 4.57 Å². The average Bonchev–Trinajstić information content (AvgIpc) is 3.91. The third-order valence-corrected chi connectivity index (χ3v) is 12.4. The molecule has 0 aliphatic rings. The van der Waals surface area contributed by atoms with E-state index in [0.29, 0.717) is 0 Å². The summed E-state index contributed by atoms with van der Waals surface area (Å²) in [6, 6.07) is 87.1. The summed E-state index contributed by atoms with van der Waals surface area (Å²) >= 11 is 0. The Kier molecular flexibility index (Phi) is 8.83. The van der Waals surface area contributed by atoms with Gasteiger partial charge >= 0.3 is 0 Å². The van der Waals surface area contributed by atoms with E-state index in [4.69, 9.17) is 4.42 Å². The number of fused-ring (bicyclic) bond motifs is 6. The van der Waals surface area contributed by atoms with Gasteiger partial charge in [0, 0.05) is 44.3 Å². The van der Waals surface area contributed by atoms with Gasteiger partial charge in [-0.2, -0.15) is 0 Å². The lowest BCUT2D eigenvalue weighted by atomic mass is 9.94. The van der Waals surface area contributed by atoms with Gasteiger partial charge in [-0.15, -0.1) is 0 Å². The Morgan fingerprint density at radius 2 is 0.810 bits per heavy atom. The highest BCUT2D eigenvalue weighted by Crippen LogP contribution is 2.43. The van der Waals surface area contributed by atoms with Crippen LogP contribution in [-0.2, 0) is 0 Å². The van der Waals surface area contributed by atoms with E-state index in [1.165, 1.54) is 38.5 Å². The Labute approximate surface area is 366 Å². The predicted octanol–water partition coefficient (Wildman–Crippen LogP) is 16.8. The first kappa shape index (κ1) is 36.5. The lowest BCUT2D eigenvalue weighted by Gasteiger charge is -2.27. The molecule has 12 aromatic rings. The molecule has 2 heterocycles. The zero-order chi connectivity index (χ0) is 41.7. The molecule has 0 saturated carbocycles. The smallest absolute Gasteiger partial charge is 0.136 e. The molecule has 0 N–H and O–H groups in total. The van der Waals surface area contributed by atoms with Crippen molar-refractivity contribution in [3.63, 3.8) is 0 Å². The highest BCUT2D eigenvalue weighted by atomic mass is 16.3. The minimum Gasteiger partial charge on any atom is -0.456 e. The lowest BCUT2D eigenvalue weighted by molar-refractivity contribution is 0.669. The molecule has 0 aliphatic carbocycles. The number of aromatic nitrogens is 1. The van der Waals surface area contributed by atoms with Crippen molar-refractivity contribution >= 4 is 60.8 Å². The molecule has 0 aliphatic heterocycles. The van der Waals surface area contributed by atoms with Crippen molar-refractivity contribution in [1.29, 1.82) is 0 Å². The molecule has 10 aromatic carbocycles. The van der Waals surface area contributed by atoms with Gasteiger partial charge in [-0.3, -0.25) is 0 Å². The second-order valence-electron chi connectivity index (χ2n) is 16.1. The Balaban J connectivity index is 0.984. The quantitative estimate of drug-likeness (QED) is 0.153. The van der Waals surface area contributed by atoms with Gasteiger partial charge in [0.15, 0.2) is 0 Å². The number of rotatable bonds is 8. The van der Waals surface area contributed by atoms with Gasteiger partial charge in [0.05, 0.1) is 11.0 Å². The molecule has 3 heteroatoms. The normalized spacial score (nSPS) is 11.5. The summed E-state index contributed by atoms with van der Waals surface area (Å²) < 4.78 is 8.71. The largest absolute Gasteiger partial charge is 0.456 e. The van der Waals surface area contributed by atoms with E-state index in [1.54, 1.807) is 0 Å². The molecule has 0 saturated heterocycles. The van der Waals surface area contributed by atoms with Crippen LogP contribution in [0.2, 0.25) is 0 Å². The molecule has 0 amide bonds. The minimum absolute atomic E-state index is 0.888. The van der Waals surface area contributed by atoms with E-state index in [0.717, 1.165) is 72.5 Å². The molecule has 0 atom stereocenters. The van der Waals surface area contributed by atoms with E-state index >= 15 is 0 Å². The number of anilines is 3. The molecule has 63 heavy (non-hydrogen) atoms. The van der Waals surface area contributed by atoms with Crippen LogP contribution in [0.25, 0.3) is 93.9 Å². The van der Waals surface area contributed by atoms with Crippen molar-refractivity contribution in [2.75, 3.05) is 4.90 Å². The average molecular weight is 805 g/mol. The van der Waals surface area contributed by atoms with Crippen molar-refractivity contribution in [1.82, 2.24) is 4.57 Å². The fraction of sp³-hybridized carbons (Fsp3) is 0. The maximum absolute atomic E-state index is 6.33. The number of hydrogen-bond acceptors (Lipinski definition) is 2. The summed E-state index contributed by atoms with van der Waals surface area (Å²) in [6.07, 6.45) is 0. The Bertz CT molecular complexity index is 3580. The summed E-state index contributed by atoms with van der Waals surface area (Å²) in [6.45, 7) is 0. The minimum atomic E-state index is 0.888. The standard InChI is InChI=1S/C60H40N2O/c1-2-16-42(17-3-1)50-24-4-5-25-51(50)44-19-13-21-47(39-44)61(48-22-14-20-45(40-48)52-29-15-33-59-60(52)55-28-8-11-32-58(55)63-59)46-36-34-41(35-37-46)43-18-12-23-49(38-43)62-56-30-9-6-26-53(56)54-27-7-10-31-57(54)62/h1-40H. The first-order valence-electron chi connectivity index (χ1n) is 21.5. The third kappa shape index (κ3) is 6.38. The zero-order valence-electron chi connectivity index (χ0n) is 34.4. The van der Waals surface area contributed by atoms with Gasteiger partial charge in [0.2, 0.25) is 0 Å². The van der Waals surface area contributed by atoms with Crippen molar-refractivity contribution in [2.45, 2.75) is 0 Å². The number of furan rings is 1. The van der Waals surface area contributed by atoms with Gasteiger partial charge in [0.25, 0.3) is 0 Å². The second kappa shape index (κ2) is 15.3. The third-order valence-electron chi connectivity index (χ3n) is 12.4. The monoisotopic (exact) mass is 804 g/mol. The Morgan fingerprint density at radius 3 is 1.52 bits per heavy atom. The van der Waals surface area contributed by atoms with Crippen LogP contribution < -0.4 is 4.90 Å². The van der Waals surface area contributed by atoms with Crippen LogP contribution in [0.4, 0.5) is 17.1 Å². The van der Waals surface area contributed by atoms with E-state index in [2.05, 4.69) is 240 Å². The van der Waals surface area contributed by atoms with Crippen LogP contribution in [0.5, 0.6) is 0 Å². The molecule has 296 valence electrons. The topological polar surface area (TPSA) is 21.3 Å². The van der Waals surface area contributed by atoms with Crippen molar-refractivity contribution in [2.24, 2.45) is 0 Å². The van der Waals surface area contributed by atoms with E-state index in [1.807, 2.05) is 12.1 Å². The first-order valence-corrected chi connectivity index (χ1v) is 21.5. The Hall–Kier alpha value is -8.40. The fourth-order valence-electron chi connectivity index (χ4n) is 9.52. The maximum Gasteiger partial charge on any atom is 0.136 e. The number of benzene rings is 10. The van der Waals surface area contributed by atoms with Gasteiger partial charge in [-0.25, -0.2) is 0 Å². The SMILES string of the molecule is c1ccc(-c2ccccc2-c2cccc(N(c3ccc(-c4cccc(-n5c6ccccc6c6ccccc65)c4)cc3)c3cccc(-c4cccc5oc6ccccc6c45)c3)c2)cc1. The Morgan fingerprint density at radius 1 is 0.302 bits per heavy atom. The maximum atomic E-state index is 6.33. The van der Waals surface area contributed by atoms with Crippen LogP contribution in [0, 0.1) is 0 Å². The highest BCUT2D eigenvalue weighted by molar-refractivity contribution is 6.13. The van der Waals surface area contributed by atoms with Crippen LogP contribution >= 0.6 is 0 Å². The first-order chi connectivity index (χ1) is 31.2. The highest BCUT2D eigenvalue weighted by Gasteiger charge is 2.19. The van der Waals surface area contributed by atoms with Crippen LogP contribution in [0.3, 0.4) is 0 Å². The molecule has 0 bridgehead atoms. The van der Waals surface area contributed by atoms with E-state index in [-0.39, 0.29) is 0 Å². The summed E-state index contributed by atoms with van der Waals surface area (Å²) in [5.74, 6) is 0. The van der Waals surface area contributed by atoms with E-state index < -0.39 is 0 Å². The molecule has 0 fully saturated rings. The summed E-state index contributed by atoms with van der Waals surface area (Å²) in [7, 11) is 0. The molecule has 3 nitrogen and oxygen atoms in total. The van der Waals surface area contributed by atoms with Gasteiger partial charge in [-0.05, 0) is 117 Å². The van der Waals surface area contributed by atoms with Crippen molar-refractivity contribution in [3.05, 3.63) is 243 Å². The van der Waals surface area contributed by atoms with Crippen LogP contribution in [0.1, 0.15) is 0 Å². The number of para-hydroxylation sites is 3. The summed E-state index contributed by atoms with van der Waals surface area (Å²) in [5, 5.41) is 4.76. The molecule has 0 unspecified atom stereocenters. The molecule has 12 rings (SSSR count). The molecule has 0 radical (unpaired) electrons. The predicted molar refractivity (Wildman–Crippen MR) is 264 cm³/mol. The van der Waals surface area contributed by atoms with E-state index in [9.17, 15) is 0 Å².